The van der Waals surface area contributed by atoms with E-state index in [4.69, 9.17) is 0 Å². The Labute approximate surface area is 116 Å². The van der Waals surface area contributed by atoms with Gasteiger partial charge in [-0.25, -0.2) is 13.6 Å². The number of carbonyl (C=O) groups excluding carboxylic acids is 1. The Morgan fingerprint density at radius 3 is 2.65 bits per heavy atom. The fraction of sp³-hybridized carbons (Fsp3) is 0.500. The minimum atomic E-state index is -1.06. The molecule has 0 spiro atoms. The predicted octanol–water partition coefficient (Wildman–Crippen LogP) is 2.59. The Balaban J connectivity index is 1.95. The maximum absolute atomic E-state index is 13.5. The molecule has 1 fully saturated rings. The smallest absolute Gasteiger partial charge is 0.321 e. The highest BCUT2D eigenvalue weighted by molar-refractivity contribution is 5.89. The summed E-state index contributed by atoms with van der Waals surface area (Å²) in [6.07, 6.45) is 1.02. The number of piperidine rings is 1. The number of aliphatic hydroxyl groups is 1. The van der Waals surface area contributed by atoms with Crippen LogP contribution in [0.25, 0.3) is 0 Å². The first-order valence-electron chi connectivity index (χ1n) is 6.67. The maximum atomic E-state index is 13.5. The number of halogens is 2. The molecular formula is C14H18F2N2O2. The molecule has 1 aliphatic heterocycles. The maximum Gasteiger partial charge on any atom is 0.321 e. The van der Waals surface area contributed by atoms with Crippen molar-refractivity contribution in [3.8, 4) is 0 Å². The number of carbonyl (C=O) groups is 1. The summed E-state index contributed by atoms with van der Waals surface area (Å²) < 4.78 is 26.5. The van der Waals surface area contributed by atoms with Crippen LogP contribution in [0.15, 0.2) is 18.2 Å². The lowest BCUT2D eigenvalue weighted by Gasteiger charge is -2.33. The Hall–Kier alpha value is -1.69. The van der Waals surface area contributed by atoms with Crippen molar-refractivity contribution < 1.29 is 18.7 Å². The summed E-state index contributed by atoms with van der Waals surface area (Å²) in [6.45, 7) is 2.74. The lowest BCUT2D eigenvalue weighted by atomic mass is 9.92. The van der Waals surface area contributed by atoms with E-state index < -0.39 is 17.7 Å². The molecule has 110 valence electrons. The van der Waals surface area contributed by atoms with Crippen LogP contribution in [0.3, 0.4) is 0 Å². The molecule has 1 aromatic carbocycles. The normalized spacial score (nSPS) is 17.9. The van der Waals surface area contributed by atoms with Crippen molar-refractivity contribution in [1.29, 1.82) is 0 Å². The van der Waals surface area contributed by atoms with Crippen molar-refractivity contribution in [3.63, 3.8) is 0 Å². The largest absolute Gasteiger partial charge is 0.393 e. The second-order valence-corrected chi connectivity index (χ2v) is 5.10. The minimum Gasteiger partial charge on any atom is -0.393 e. The number of amides is 2. The quantitative estimate of drug-likeness (QED) is 0.877. The Morgan fingerprint density at radius 2 is 2.05 bits per heavy atom. The van der Waals surface area contributed by atoms with Crippen LogP contribution in [-0.4, -0.2) is 35.2 Å². The number of anilines is 1. The van der Waals surface area contributed by atoms with Gasteiger partial charge in [-0.2, -0.15) is 0 Å². The predicted molar refractivity (Wildman–Crippen MR) is 71.4 cm³/mol. The van der Waals surface area contributed by atoms with Crippen molar-refractivity contribution in [2.45, 2.75) is 25.9 Å². The van der Waals surface area contributed by atoms with E-state index in [0.717, 1.165) is 6.07 Å². The van der Waals surface area contributed by atoms with E-state index in [1.54, 1.807) is 11.8 Å². The number of hydrogen-bond acceptors (Lipinski definition) is 2. The van der Waals surface area contributed by atoms with Gasteiger partial charge >= 0.3 is 6.03 Å². The van der Waals surface area contributed by atoms with Gasteiger partial charge in [0.05, 0.1) is 11.8 Å². The molecule has 0 bridgehead atoms. The van der Waals surface area contributed by atoms with E-state index in [1.165, 1.54) is 12.1 Å². The number of aliphatic hydroxyl groups excluding tert-OH is 1. The van der Waals surface area contributed by atoms with E-state index in [2.05, 4.69) is 5.32 Å². The summed E-state index contributed by atoms with van der Waals surface area (Å²) in [5.41, 5.74) is -0.160. The van der Waals surface area contributed by atoms with Gasteiger partial charge in [-0.3, -0.25) is 0 Å². The van der Waals surface area contributed by atoms with Gasteiger partial charge in [0.25, 0.3) is 0 Å². The van der Waals surface area contributed by atoms with Crippen LogP contribution >= 0.6 is 0 Å². The summed E-state index contributed by atoms with van der Waals surface area (Å²) in [5, 5.41) is 11.9. The van der Waals surface area contributed by atoms with E-state index in [-0.39, 0.29) is 17.7 Å². The SMILES string of the molecule is CC(O)C1CCN(C(=O)Nc2cccc(F)c2F)CC1. The summed E-state index contributed by atoms with van der Waals surface area (Å²) in [6, 6.07) is 3.21. The molecule has 2 rings (SSSR count). The molecule has 0 aliphatic carbocycles. The van der Waals surface area contributed by atoms with Gasteiger partial charge in [-0.05, 0) is 37.8 Å². The van der Waals surface area contributed by atoms with E-state index in [9.17, 15) is 18.7 Å². The molecule has 0 aromatic heterocycles. The molecule has 2 amide bonds. The number of urea groups is 1. The Morgan fingerprint density at radius 1 is 1.40 bits per heavy atom. The number of likely N-dealkylation sites (tertiary alicyclic amines) is 1. The lowest BCUT2D eigenvalue weighted by molar-refractivity contribution is 0.0820. The molecule has 2 N–H and O–H groups in total. The monoisotopic (exact) mass is 284 g/mol. The lowest BCUT2D eigenvalue weighted by Crippen LogP contribution is -2.43. The number of hydrogen-bond donors (Lipinski definition) is 2. The van der Waals surface area contributed by atoms with Gasteiger partial charge in [-0.1, -0.05) is 6.07 Å². The third-order valence-corrected chi connectivity index (χ3v) is 3.70. The van der Waals surface area contributed by atoms with Gasteiger partial charge in [-0.15, -0.1) is 0 Å². The van der Waals surface area contributed by atoms with E-state index >= 15 is 0 Å². The molecule has 1 heterocycles. The van der Waals surface area contributed by atoms with Gasteiger partial charge in [0.2, 0.25) is 0 Å². The van der Waals surface area contributed by atoms with Crippen LogP contribution in [0.1, 0.15) is 19.8 Å². The van der Waals surface area contributed by atoms with Crippen molar-refractivity contribution in [2.75, 3.05) is 18.4 Å². The van der Waals surface area contributed by atoms with Crippen molar-refractivity contribution in [1.82, 2.24) is 4.90 Å². The molecule has 1 saturated heterocycles. The van der Waals surface area contributed by atoms with Crippen molar-refractivity contribution in [2.24, 2.45) is 5.92 Å². The first-order valence-corrected chi connectivity index (χ1v) is 6.67. The molecule has 20 heavy (non-hydrogen) atoms. The highest BCUT2D eigenvalue weighted by Gasteiger charge is 2.25. The topological polar surface area (TPSA) is 52.6 Å². The minimum absolute atomic E-state index is 0.160. The average molecular weight is 284 g/mol. The highest BCUT2D eigenvalue weighted by atomic mass is 19.2. The van der Waals surface area contributed by atoms with Crippen LogP contribution in [-0.2, 0) is 0 Å². The molecule has 4 nitrogen and oxygen atoms in total. The molecule has 1 atom stereocenters. The second kappa shape index (κ2) is 6.17. The van der Waals surface area contributed by atoms with E-state index in [1.807, 2.05) is 0 Å². The molecule has 0 radical (unpaired) electrons. The Bertz CT molecular complexity index is 486. The third kappa shape index (κ3) is 3.25. The average Bonchev–Trinajstić information content (AvgIpc) is 2.44. The van der Waals surface area contributed by atoms with Crippen LogP contribution in [0.2, 0.25) is 0 Å². The van der Waals surface area contributed by atoms with Crippen molar-refractivity contribution >= 4 is 11.7 Å². The fourth-order valence-corrected chi connectivity index (χ4v) is 2.38. The summed E-state index contributed by atoms with van der Waals surface area (Å²) in [7, 11) is 0. The van der Waals surface area contributed by atoms with Gasteiger partial charge in [0.15, 0.2) is 11.6 Å². The second-order valence-electron chi connectivity index (χ2n) is 5.10. The van der Waals surface area contributed by atoms with Crippen LogP contribution in [0, 0.1) is 17.6 Å². The van der Waals surface area contributed by atoms with Gasteiger partial charge in [0.1, 0.15) is 0 Å². The molecule has 1 aliphatic rings. The summed E-state index contributed by atoms with van der Waals surface area (Å²) in [4.78, 5) is 13.5. The van der Waals surface area contributed by atoms with Crippen LogP contribution < -0.4 is 5.32 Å². The molecule has 6 heteroatoms. The number of rotatable bonds is 2. The zero-order valence-corrected chi connectivity index (χ0v) is 11.3. The highest BCUT2D eigenvalue weighted by Crippen LogP contribution is 2.22. The molecule has 0 saturated carbocycles. The van der Waals surface area contributed by atoms with Gasteiger partial charge < -0.3 is 15.3 Å². The van der Waals surface area contributed by atoms with Crippen LogP contribution in [0.4, 0.5) is 19.3 Å². The zero-order chi connectivity index (χ0) is 14.7. The number of nitrogens with zero attached hydrogens (tertiary/aromatic N) is 1. The Kier molecular flexibility index (Phi) is 4.54. The molecule has 1 unspecified atom stereocenters. The van der Waals surface area contributed by atoms with E-state index in [0.29, 0.717) is 25.9 Å². The third-order valence-electron chi connectivity index (χ3n) is 3.70. The first-order chi connectivity index (χ1) is 9.49. The summed E-state index contributed by atoms with van der Waals surface area (Å²) in [5.74, 6) is -1.86. The van der Waals surface area contributed by atoms with Gasteiger partial charge in [0, 0.05) is 13.1 Å². The first kappa shape index (κ1) is 14.7. The van der Waals surface area contributed by atoms with Crippen molar-refractivity contribution in [3.05, 3.63) is 29.8 Å². The zero-order valence-electron chi connectivity index (χ0n) is 11.3. The standard InChI is InChI=1S/C14H18F2N2O2/c1-9(19)10-5-7-18(8-6-10)14(20)17-12-4-2-3-11(15)13(12)16/h2-4,9-10,19H,5-8H2,1H3,(H,17,20). The number of nitrogens with one attached hydrogen (secondary N) is 1. The number of benzene rings is 1. The summed E-state index contributed by atoms with van der Waals surface area (Å²) >= 11 is 0. The molecular weight excluding hydrogens is 266 g/mol. The van der Waals surface area contributed by atoms with Crippen LogP contribution in [0.5, 0.6) is 0 Å². The fourth-order valence-electron chi connectivity index (χ4n) is 2.38. The molecule has 1 aromatic rings.